The Morgan fingerprint density at radius 3 is 2.57 bits per heavy atom. The molecule has 2 rings (SSSR count). The van der Waals surface area contributed by atoms with E-state index in [1.807, 2.05) is 0 Å². The van der Waals surface area contributed by atoms with Crippen molar-refractivity contribution in [2.75, 3.05) is 5.32 Å². The third-order valence-corrected chi connectivity index (χ3v) is 4.40. The zero-order chi connectivity index (χ0) is 15.6. The standard InChI is InChI=1S/C13H10Cl2N2O3S/c1-8-6-9(21(15,19)20)2-3-12(8)17-13(18)10-4-5-16-7-11(10)14/h2-7H,1H3,(H,17,18). The highest BCUT2D eigenvalue weighted by Crippen LogP contribution is 2.23. The highest BCUT2D eigenvalue weighted by Gasteiger charge is 2.14. The summed E-state index contributed by atoms with van der Waals surface area (Å²) in [5, 5.41) is 2.89. The summed E-state index contributed by atoms with van der Waals surface area (Å²) in [5.41, 5.74) is 1.31. The molecule has 0 aliphatic rings. The molecule has 0 aliphatic carbocycles. The summed E-state index contributed by atoms with van der Waals surface area (Å²) < 4.78 is 22.5. The number of carbonyl (C=O) groups is 1. The zero-order valence-corrected chi connectivity index (χ0v) is 13.1. The number of nitrogens with zero attached hydrogens (tertiary/aromatic N) is 1. The van der Waals surface area contributed by atoms with Crippen LogP contribution in [0.4, 0.5) is 5.69 Å². The lowest BCUT2D eigenvalue weighted by Crippen LogP contribution is -2.13. The van der Waals surface area contributed by atoms with Crippen LogP contribution in [0.15, 0.2) is 41.6 Å². The smallest absolute Gasteiger partial charge is 0.261 e. The molecule has 0 fully saturated rings. The van der Waals surface area contributed by atoms with Gasteiger partial charge in [0.1, 0.15) is 0 Å². The fraction of sp³-hybridized carbons (Fsp3) is 0.0769. The van der Waals surface area contributed by atoms with Crippen LogP contribution in [0.1, 0.15) is 15.9 Å². The molecule has 0 spiro atoms. The zero-order valence-electron chi connectivity index (χ0n) is 10.8. The minimum atomic E-state index is -3.80. The van der Waals surface area contributed by atoms with Gasteiger partial charge in [0, 0.05) is 28.8 Å². The monoisotopic (exact) mass is 344 g/mol. The van der Waals surface area contributed by atoms with Crippen LogP contribution in [0.5, 0.6) is 0 Å². The first kappa shape index (κ1) is 15.8. The molecular weight excluding hydrogens is 335 g/mol. The Kier molecular flexibility index (Phi) is 4.51. The quantitative estimate of drug-likeness (QED) is 0.867. The second-order valence-corrected chi connectivity index (χ2v) is 7.20. The number of aryl methyl sites for hydroxylation is 1. The van der Waals surface area contributed by atoms with E-state index in [9.17, 15) is 13.2 Å². The normalized spacial score (nSPS) is 11.2. The summed E-state index contributed by atoms with van der Waals surface area (Å²) in [4.78, 5) is 15.9. The predicted octanol–water partition coefficient (Wildman–Crippen LogP) is 3.22. The Labute approximate surface area is 131 Å². The Bertz CT molecular complexity index is 807. The molecule has 0 atom stereocenters. The SMILES string of the molecule is Cc1cc(S(=O)(=O)Cl)ccc1NC(=O)c1ccncc1Cl. The van der Waals surface area contributed by atoms with E-state index in [0.29, 0.717) is 11.3 Å². The molecule has 0 saturated carbocycles. The van der Waals surface area contributed by atoms with Crippen LogP contribution in [0, 0.1) is 6.92 Å². The summed E-state index contributed by atoms with van der Waals surface area (Å²) in [6, 6.07) is 5.66. The fourth-order valence-electron chi connectivity index (χ4n) is 1.68. The molecule has 1 heterocycles. The van der Waals surface area contributed by atoms with Gasteiger partial charge in [0.25, 0.3) is 15.0 Å². The van der Waals surface area contributed by atoms with Crippen molar-refractivity contribution >= 4 is 42.9 Å². The van der Waals surface area contributed by atoms with Crippen LogP contribution in [0.25, 0.3) is 0 Å². The molecule has 5 nitrogen and oxygen atoms in total. The lowest BCUT2D eigenvalue weighted by molar-refractivity contribution is 0.102. The molecule has 0 bridgehead atoms. The van der Waals surface area contributed by atoms with Gasteiger partial charge in [-0.25, -0.2) is 8.42 Å². The third-order valence-electron chi connectivity index (χ3n) is 2.74. The van der Waals surface area contributed by atoms with Crippen LogP contribution >= 0.6 is 22.3 Å². The molecule has 0 aliphatic heterocycles. The molecule has 110 valence electrons. The Balaban J connectivity index is 2.29. The average Bonchev–Trinajstić information content (AvgIpc) is 2.40. The van der Waals surface area contributed by atoms with E-state index in [2.05, 4.69) is 10.3 Å². The fourth-order valence-corrected chi connectivity index (χ4v) is 2.72. The lowest BCUT2D eigenvalue weighted by atomic mass is 10.2. The molecule has 1 aromatic heterocycles. The van der Waals surface area contributed by atoms with Crippen LogP contribution in [0.2, 0.25) is 5.02 Å². The number of hydrogen-bond acceptors (Lipinski definition) is 4. The first-order valence-electron chi connectivity index (χ1n) is 5.75. The third kappa shape index (κ3) is 3.72. The van der Waals surface area contributed by atoms with Gasteiger partial charge in [-0.2, -0.15) is 0 Å². The van der Waals surface area contributed by atoms with Crippen molar-refractivity contribution in [1.29, 1.82) is 0 Å². The van der Waals surface area contributed by atoms with Crippen molar-refractivity contribution in [3.05, 3.63) is 52.8 Å². The maximum Gasteiger partial charge on any atom is 0.261 e. The molecular formula is C13H10Cl2N2O3S. The molecule has 0 saturated heterocycles. The van der Waals surface area contributed by atoms with E-state index in [4.69, 9.17) is 22.3 Å². The van der Waals surface area contributed by atoms with Gasteiger partial charge < -0.3 is 5.32 Å². The number of amides is 1. The molecule has 1 N–H and O–H groups in total. The molecule has 0 radical (unpaired) electrons. The second-order valence-electron chi connectivity index (χ2n) is 4.22. The van der Waals surface area contributed by atoms with Gasteiger partial charge in [-0.3, -0.25) is 9.78 Å². The predicted molar refractivity (Wildman–Crippen MR) is 81.4 cm³/mol. The Morgan fingerprint density at radius 1 is 1.29 bits per heavy atom. The molecule has 21 heavy (non-hydrogen) atoms. The maximum atomic E-state index is 12.1. The van der Waals surface area contributed by atoms with Gasteiger partial charge in [-0.15, -0.1) is 0 Å². The number of nitrogens with one attached hydrogen (secondary N) is 1. The minimum absolute atomic E-state index is 0.0263. The number of halogens is 2. The van der Waals surface area contributed by atoms with Crippen molar-refractivity contribution in [2.45, 2.75) is 11.8 Å². The highest BCUT2D eigenvalue weighted by molar-refractivity contribution is 8.13. The number of benzene rings is 1. The van der Waals surface area contributed by atoms with E-state index >= 15 is 0 Å². The van der Waals surface area contributed by atoms with Gasteiger partial charge in [0.05, 0.1) is 15.5 Å². The first-order valence-corrected chi connectivity index (χ1v) is 8.44. The van der Waals surface area contributed by atoms with E-state index in [0.717, 1.165) is 0 Å². The van der Waals surface area contributed by atoms with Gasteiger partial charge in [0.15, 0.2) is 0 Å². The Hall–Kier alpha value is -1.63. The van der Waals surface area contributed by atoms with Crippen molar-refractivity contribution in [1.82, 2.24) is 4.98 Å². The summed E-state index contributed by atoms with van der Waals surface area (Å²) in [6.45, 7) is 1.66. The van der Waals surface area contributed by atoms with Crippen molar-refractivity contribution < 1.29 is 13.2 Å². The second kappa shape index (κ2) is 6.01. The van der Waals surface area contributed by atoms with Crippen molar-refractivity contribution in [3.63, 3.8) is 0 Å². The van der Waals surface area contributed by atoms with Crippen molar-refractivity contribution in [2.24, 2.45) is 0 Å². The van der Waals surface area contributed by atoms with Gasteiger partial charge >= 0.3 is 0 Å². The lowest BCUT2D eigenvalue weighted by Gasteiger charge is -2.10. The number of anilines is 1. The van der Waals surface area contributed by atoms with Gasteiger partial charge in [0.2, 0.25) is 0 Å². The molecule has 0 unspecified atom stereocenters. The number of aromatic nitrogens is 1. The molecule has 1 amide bonds. The molecule has 2 aromatic rings. The Morgan fingerprint density at radius 2 is 2.00 bits per heavy atom. The number of pyridine rings is 1. The summed E-state index contributed by atoms with van der Waals surface area (Å²) in [6.07, 6.45) is 2.82. The number of carbonyl (C=O) groups excluding carboxylic acids is 1. The number of hydrogen-bond donors (Lipinski definition) is 1. The van der Waals surface area contributed by atoms with E-state index < -0.39 is 15.0 Å². The van der Waals surface area contributed by atoms with Crippen LogP contribution in [-0.2, 0) is 9.05 Å². The van der Waals surface area contributed by atoms with Gasteiger partial charge in [-0.05, 0) is 36.8 Å². The number of rotatable bonds is 3. The minimum Gasteiger partial charge on any atom is -0.322 e. The van der Waals surface area contributed by atoms with Crippen LogP contribution in [-0.4, -0.2) is 19.3 Å². The van der Waals surface area contributed by atoms with Crippen molar-refractivity contribution in [3.8, 4) is 0 Å². The van der Waals surface area contributed by atoms with Crippen LogP contribution in [0.3, 0.4) is 0 Å². The maximum absolute atomic E-state index is 12.1. The molecule has 1 aromatic carbocycles. The summed E-state index contributed by atoms with van der Waals surface area (Å²) >= 11 is 5.89. The largest absolute Gasteiger partial charge is 0.322 e. The van der Waals surface area contributed by atoms with Gasteiger partial charge in [-0.1, -0.05) is 11.6 Å². The van der Waals surface area contributed by atoms with E-state index in [1.54, 1.807) is 6.92 Å². The summed E-state index contributed by atoms with van der Waals surface area (Å²) in [7, 11) is 1.47. The highest BCUT2D eigenvalue weighted by atomic mass is 35.7. The topological polar surface area (TPSA) is 76.1 Å². The van der Waals surface area contributed by atoms with Crippen LogP contribution < -0.4 is 5.32 Å². The van der Waals surface area contributed by atoms with E-state index in [1.165, 1.54) is 36.7 Å². The molecule has 8 heteroatoms. The van der Waals surface area contributed by atoms with E-state index in [-0.39, 0.29) is 15.5 Å². The average molecular weight is 345 g/mol. The summed E-state index contributed by atoms with van der Waals surface area (Å²) in [5.74, 6) is -0.410. The first-order chi connectivity index (χ1) is 9.79.